The molecule has 0 spiro atoms. The molecular weight excluding hydrogens is 482 g/mol. The number of cyclic esters (lactones) is 1. The molecule has 1 saturated heterocycles. The molecule has 0 aromatic heterocycles. The minimum absolute atomic E-state index is 0.0858. The lowest BCUT2D eigenvalue weighted by Gasteiger charge is -2.39. The van der Waals surface area contributed by atoms with Crippen molar-refractivity contribution < 1.29 is 38.4 Å². The molecule has 2 aromatic carbocycles. The second-order valence-corrected chi connectivity index (χ2v) is 9.24. The highest BCUT2D eigenvalue weighted by molar-refractivity contribution is 5.81. The number of esters is 1. The molecule has 2 aliphatic heterocycles. The number of benzene rings is 2. The molecule has 198 valence electrons. The van der Waals surface area contributed by atoms with Crippen molar-refractivity contribution in [3.63, 3.8) is 0 Å². The summed E-state index contributed by atoms with van der Waals surface area (Å²) in [4.78, 5) is 26.1. The van der Waals surface area contributed by atoms with Gasteiger partial charge in [-0.15, -0.1) is 0 Å². The third-order valence-electron chi connectivity index (χ3n) is 7.21. The van der Waals surface area contributed by atoms with Crippen molar-refractivity contribution in [2.75, 3.05) is 47.3 Å². The van der Waals surface area contributed by atoms with Gasteiger partial charge in [0, 0.05) is 37.9 Å². The predicted octanol–water partition coefficient (Wildman–Crippen LogP) is 1.17. The number of hydrogen-bond acceptors (Lipinski definition) is 10. The predicted molar refractivity (Wildman–Crippen MR) is 131 cm³/mol. The van der Waals surface area contributed by atoms with E-state index in [0.29, 0.717) is 36.7 Å². The monoisotopic (exact) mass is 513 g/mol. The maximum absolute atomic E-state index is 13.2. The standard InChI is InChI=1S/C26H31N3O8/c1-33-19-7-13(8-20(34-2)25(19)31)22-14-9-17-18(37-12-36-17)10-15(14)24(16-11-35-26(32)23(16)22)29-21(30)3-5-28-6-4-27/h7-10,16,22-24,28,31H,3-6,11-12,27H2,1-2H3,(H,29,30)/t16?,22?,23-,24+/m0/s1. The Kier molecular flexibility index (Phi) is 6.98. The van der Waals surface area contributed by atoms with Gasteiger partial charge in [0.25, 0.3) is 0 Å². The smallest absolute Gasteiger partial charge is 0.310 e. The molecule has 2 heterocycles. The van der Waals surface area contributed by atoms with Crippen molar-refractivity contribution in [3.05, 3.63) is 41.0 Å². The topological polar surface area (TPSA) is 151 Å². The van der Waals surface area contributed by atoms with Crippen LogP contribution in [0.25, 0.3) is 0 Å². The number of fused-ring (bicyclic) bond motifs is 3. The first-order valence-corrected chi connectivity index (χ1v) is 12.2. The fourth-order valence-corrected chi connectivity index (χ4v) is 5.52. The molecule has 0 saturated carbocycles. The van der Waals surface area contributed by atoms with Crippen LogP contribution < -0.4 is 35.3 Å². The fourth-order valence-electron chi connectivity index (χ4n) is 5.52. The van der Waals surface area contributed by atoms with Crippen molar-refractivity contribution in [1.82, 2.24) is 10.6 Å². The number of rotatable bonds is 9. The third kappa shape index (κ3) is 4.49. The van der Waals surface area contributed by atoms with E-state index in [1.807, 2.05) is 12.1 Å². The summed E-state index contributed by atoms with van der Waals surface area (Å²) in [5, 5.41) is 16.7. The summed E-state index contributed by atoms with van der Waals surface area (Å²) in [6, 6.07) is 6.65. The molecule has 11 nitrogen and oxygen atoms in total. The van der Waals surface area contributed by atoms with E-state index < -0.39 is 17.9 Å². The van der Waals surface area contributed by atoms with Crippen LogP contribution in [0.5, 0.6) is 28.7 Å². The molecule has 5 rings (SSSR count). The number of carbonyl (C=O) groups excluding carboxylic acids is 2. The lowest BCUT2D eigenvalue weighted by Crippen LogP contribution is -2.43. The summed E-state index contributed by atoms with van der Waals surface area (Å²) < 4.78 is 27.6. The van der Waals surface area contributed by atoms with Gasteiger partial charge in [-0.2, -0.15) is 0 Å². The van der Waals surface area contributed by atoms with Crippen LogP contribution in [0.2, 0.25) is 0 Å². The van der Waals surface area contributed by atoms with Gasteiger partial charge in [-0.25, -0.2) is 0 Å². The van der Waals surface area contributed by atoms with Crippen LogP contribution in [0.3, 0.4) is 0 Å². The van der Waals surface area contributed by atoms with Crippen LogP contribution in [-0.2, 0) is 14.3 Å². The van der Waals surface area contributed by atoms with Crippen molar-refractivity contribution in [3.8, 4) is 28.7 Å². The van der Waals surface area contributed by atoms with Gasteiger partial charge in [0.15, 0.2) is 23.0 Å². The van der Waals surface area contributed by atoms with Crippen molar-refractivity contribution in [2.45, 2.75) is 18.4 Å². The largest absolute Gasteiger partial charge is 0.502 e. The Morgan fingerprint density at radius 2 is 1.73 bits per heavy atom. The van der Waals surface area contributed by atoms with Crippen LogP contribution in [0.1, 0.15) is 35.1 Å². The molecule has 37 heavy (non-hydrogen) atoms. The van der Waals surface area contributed by atoms with Gasteiger partial charge in [-0.1, -0.05) is 0 Å². The zero-order chi connectivity index (χ0) is 26.1. The highest BCUT2D eigenvalue weighted by Gasteiger charge is 2.53. The van der Waals surface area contributed by atoms with E-state index in [2.05, 4.69) is 10.6 Å². The summed E-state index contributed by atoms with van der Waals surface area (Å²) in [5.74, 6) is -0.435. The summed E-state index contributed by atoms with van der Waals surface area (Å²) in [6.45, 7) is 1.85. The zero-order valence-electron chi connectivity index (χ0n) is 20.7. The minimum Gasteiger partial charge on any atom is -0.502 e. The van der Waals surface area contributed by atoms with Crippen molar-refractivity contribution in [1.29, 1.82) is 0 Å². The molecule has 1 aliphatic carbocycles. The molecule has 2 aromatic rings. The molecule has 4 atom stereocenters. The highest BCUT2D eigenvalue weighted by Crippen LogP contribution is 2.55. The Balaban J connectivity index is 1.60. The number of nitrogens with one attached hydrogen (secondary N) is 2. The molecule has 1 amide bonds. The van der Waals surface area contributed by atoms with E-state index in [0.717, 1.165) is 11.1 Å². The first-order chi connectivity index (χ1) is 18.0. The highest BCUT2D eigenvalue weighted by atomic mass is 16.7. The van der Waals surface area contributed by atoms with Crippen LogP contribution >= 0.6 is 0 Å². The number of nitrogens with two attached hydrogens (primary N) is 1. The van der Waals surface area contributed by atoms with E-state index in [9.17, 15) is 14.7 Å². The summed E-state index contributed by atoms with van der Waals surface area (Å²) in [5.41, 5.74) is 7.83. The molecule has 5 N–H and O–H groups in total. The van der Waals surface area contributed by atoms with Gasteiger partial charge < -0.3 is 45.2 Å². The Hall–Kier alpha value is -3.70. The van der Waals surface area contributed by atoms with Crippen LogP contribution in [0.4, 0.5) is 0 Å². The molecule has 0 radical (unpaired) electrons. The first kappa shape index (κ1) is 25.0. The Bertz CT molecular complexity index is 1180. The van der Waals surface area contributed by atoms with Gasteiger partial charge in [-0.05, 0) is 41.0 Å². The van der Waals surface area contributed by atoms with Gasteiger partial charge in [-0.3, -0.25) is 9.59 Å². The number of phenolic OH excluding ortho intramolecular Hbond substituents is 1. The average molecular weight is 514 g/mol. The quantitative estimate of drug-likeness (QED) is 0.284. The number of aromatic hydroxyl groups is 1. The minimum atomic E-state index is -0.590. The lowest BCUT2D eigenvalue weighted by molar-refractivity contribution is -0.141. The number of methoxy groups -OCH3 is 2. The molecule has 1 fully saturated rings. The van der Waals surface area contributed by atoms with Gasteiger partial charge in [0.05, 0.1) is 32.8 Å². The van der Waals surface area contributed by atoms with Gasteiger partial charge in [0.2, 0.25) is 18.4 Å². The second-order valence-electron chi connectivity index (χ2n) is 9.24. The Morgan fingerprint density at radius 3 is 2.38 bits per heavy atom. The van der Waals surface area contributed by atoms with Crippen LogP contribution in [-0.4, -0.2) is 64.2 Å². The zero-order valence-corrected chi connectivity index (χ0v) is 20.7. The summed E-state index contributed by atoms with van der Waals surface area (Å²) in [6.07, 6.45) is 0.262. The number of ether oxygens (including phenoxy) is 5. The van der Waals surface area contributed by atoms with Crippen molar-refractivity contribution in [2.24, 2.45) is 17.6 Å². The second kappa shape index (κ2) is 10.3. The van der Waals surface area contributed by atoms with E-state index in [1.54, 1.807) is 12.1 Å². The van der Waals surface area contributed by atoms with Gasteiger partial charge in [0.1, 0.15) is 0 Å². The summed E-state index contributed by atoms with van der Waals surface area (Å²) in [7, 11) is 2.90. The molecule has 0 bridgehead atoms. The third-order valence-corrected chi connectivity index (χ3v) is 7.21. The maximum Gasteiger partial charge on any atom is 0.310 e. The molecule has 11 heteroatoms. The summed E-state index contributed by atoms with van der Waals surface area (Å²) >= 11 is 0. The fraction of sp³-hybridized carbons (Fsp3) is 0.462. The van der Waals surface area contributed by atoms with Crippen LogP contribution in [0, 0.1) is 11.8 Å². The van der Waals surface area contributed by atoms with Crippen molar-refractivity contribution >= 4 is 11.9 Å². The lowest BCUT2D eigenvalue weighted by atomic mass is 9.65. The molecule has 3 aliphatic rings. The van der Waals surface area contributed by atoms with E-state index in [4.69, 9.17) is 29.4 Å². The first-order valence-electron chi connectivity index (χ1n) is 12.2. The number of phenols is 1. The normalized spacial score (nSPS) is 23.2. The number of hydrogen-bond donors (Lipinski definition) is 4. The Morgan fingerprint density at radius 1 is 1.05 bits per heavy atom. The van der Waals surface area contributed by atoms with Crippen LogP contribution in [0.15, 0.2) is 24.3 Å². The molecular formula is C26H31N3O8. The average Bonchev–Trinajstić information content (AvgIpc) is 3.52. The maximum atomic E-state index is 13.2. The van der Waals surface area contributed by atoms with Gasteiger partial charge >= 0.3 is 5.97 Å². The van der Waals surface area contributed by atoms with E-state index in [1.165, 1.54) is 14.2 Å². The number of amides is 1. The van der Waals surface area contributed by atoms with E-state index >= 15 is 0 Å². The Labute approximate surface area is 214 Å². The SMILES string of the molecule is COc1cc(C2c3cc4c(cc3[C@@H](NC(=O)CCNCCN)C3COC(=O)[C@H]23)OCO4)cc(OC)c1O. The molecule has 2 unspecified atom stereocenters. The number of carbonyl (C=O) groups is 2. The van der Waals surface area contributed by atoms with E-state index in [-0.39, 0.29) is 54.9 Å².